The van der Waals surface area contributed by atoms with E-state index in [1.807, 2.05) is 50.3 Å². The predicted molar refractivity (Wildman–Crippen MR) is 70.3 cm³/mol. The van der Waals surface area contributed by atoms with Crippen LogP contribution in [0.5, 0.6) is 0 Å². The number of aromatic nitrogens is 1. The Hall–Kier alpha value is -1.89. The summed E-state index contributed by atoms with van der Waals surface area (Å²) in [5, 5.41) is 1.19. The maximum atomic E-state index is 4.58. The van der Waals surface area contributed by atoms with Crippen LogP contribution in [0.2, 0.25) is 0 Å². The molecule has 0 fully saturated rings. The van der Waals surface area contributed by atoms with Crippen molar-refractivity contribution in [1.29, 1.82) is 0 Å². The second-order valence-corrected chi connectivity index (χ2v) is 3.74. The summed E-state index contributed by atoms with van der Waals surface area (Å²) >= 11 is 0. The van der Waals surface area contributed by atoms with Crippen molar-refractivity contribution >= 4 is 17.0 Å². The number of hydrogen-bond donors (Lipinski definition) is 0. The molecule has 0 amide bonds. The predicted octanol–water partition coefficient (Wildman–Crippen LogP) is 4.13. The quantitative estimate of drug-likeness (QED) is 0.677. The molecule has 2 rings (SSSR count). The topological polar surface area (TPSA) is 12.9 Å². The molecule has 0 N–H and O–H groups in total. The summed E-state index contributed by atoms with van der Waals surface area (Å²) in [7, 11) is 0. The Labute approximate surface area is 96.1 Å². The molecule has 0 aliphatic carbocycles. The number of para-hydroxylation sites is 1. The molecule has 16 heavy (non-hydrogen) atoms. The Kier molecular flexibility index (Phi) is 3.16. The molecule has 0 atom stereocenters. The van der Waals surface area contributed by atoms with Crippen LogP contribution in [0.15, 0.2) is 48.6 Å². The number of hydrogen-bond acceptors (Lipinski definition) is 1. The molecular formula is C15H15N. The highest BCUT2D eigenvalue weighted by atomic mass is 14.7. The highest BCUT2D eigenvalue weighted by Crippen LogP contribution is 2.17. The number of pyridine rings is 1. The summed E-state index contributed by atoms with van der Waals surface area (Å²) in [5.74, 6) is 0. The molecule has 0 saturated carbocycles. The summed E-state index contributed by atoms with van der Waals surface area (Å²) < 4.78 is 0. The fourth-order valence-corrected chi connectivity index (χ4v) is 1.67. The van der Waals surface area contributed by atoms with E-state index in [-0.39, 0.29) is 0 Å². The summed E-state index contributed by atoms with van der Waals surface area (Å²) in [6, 6.07) is 10.4. The number of benzene rings is 1. The second-order valence-electron chi connectivity index (χ2n) is 3.74. The maximum Gasteiger partial charge on any atom is 0.0705 e. The van der Waals surface area contributed by atoms with Crippen molar-refractivity contribution in [1.82, 2.24) is 4.98 Å². The molecule has 1 nitrogen and oxygen atoms in total. The minimum atomic E-state index is 1.06. The Morgan fingerprint density at radius 2 is 1.94 bits per heavy atom. The van der Waals surface area contributed by atoms with Gasteiger partial charge in [-0.15, -0.1) is 0 Å². The van der Waals surface area contributed by atoms with Gasteiger partial charge in [0.25, 0.3) is 0 Å². The molecule has 0 aliphatic rings. The van der Waals surface area contributed by atoms with Gasteiger partial charge in [0, 0.05) is 11.1 Å². The van der Waals surface area contributed by atoms with E-state index in [1.54, 1.807) is 0 Å². The van der Waals surface area contributed by atoms with E-state index in [0.29, 0.717) is 0 Å². The molecule has 0 spiro atoms. The average Bonchev–Trinajstić information content (AvgIpc) is 2.30. The smallest absolute Gasteiger partial charge is 0.0705 e. The first-order valence-corrected chi connectivity index (χ1v) is 5.47. The molecule has 1 aromatic heterocycles. The normalized spacial score (nSPS) is 11.9. The van der Waals surface area contributed by atoms with Crippen molar-refractivity contribution in [3.8, 4) is 0 Å². The van der Waals surface area contributed by atoms with Gasteiger partial charge in [0.15, 0.2) is 0 Å². The Morgan fingerprint density at radius 1 is 1.12 bits per heavy atom. The van der Waals surface area contributed by atoms with E-state index in [4.69, 9.17) is 0 Å². The molecule has 1 heteroatoms. The van der Waals surface area contributed by atoms with Crippen molar-refractivity contribution in [3.63, 3.8) is 0 Å². The average molecular weight is 209 g/mol. The van der Waals surface area contributed by atoms with E-state index >= 15 is 0 Å². The molecule has 0 unspecified atom stereocenters. The lowest BCUT2D eigenvalue weighted by Gasteiger charge is -2.02. The third kappa shape index (κ3) is 2.19. The van der Waals surface area contributed by atoms with E-state index < -0.39 is 0 Å². The van der Waals surface area contributed by atoms with Gasteiger partial charge in [0.1, 0.15) is 0 Å². The minimum absolute atomic E-state index is 1.06. The molecule has 0 saturated heterocycles. The minimum Gasteiger partial charge on any atom is -0.253 e. The van der Waals surface area contributed by atoms with Gasteiger partial charge in [0.05, 0.1) is 5.52 Å². The summed E-state index contributed by atoms with van der Waals surface area (Å²) in [6.07, 6.45) is 8.17. The zero-order chi connectivity index (χ0) is 11.4. The molecule has 2 aromatic rings. The number of fused-ring (bicyclic) bond motifs is 1. The van der Waals surface area contributed by atoms with Crippen LogP contribution in [0.3, 0.4) is 0 Å². The second kappa shape index (κ2) is 4.75. The van der Waals surface area contributed by atoms with Crippen LogP contribution in [0.4, 0.5) is 0 Å². The fourth-order valence-electron chi connectivity index (χ4n) is 1.67. The molecule has 0 radical (unpaired) electrons. The third-order valence-corrected chi connectivity index (χ3v) is 2.53. The van der Waals surface area contributed by atoms with Crippen molar-refractivity contribution < 1.29 is 0 Å². The largest absolute Gasteiger partial charge is 0.253 e. The first kappa shape index (κ1) is 10.6. The highest BCUT2D eigenvalue weighted by Gasteiger charge is 1.99. The standard InChI is InChI=1S/C15H15N/c1-3-4-5-8-13-11-14-9-6-7-10-15(14)16-12(13)2/h3-11H,1-2H3. The summed E-state index contributed by atoms with van der Waals surface area (Å²) in [4.78, 5) is 4.58. The Balaban J connectivity index is 2.50. The van der Waals surface area contributed by atoms with Crippen LogP contribution in [0.1, 0.15) is 18.2 Å². The fraction of sp³-hybridized carbons (Fsp3) is 0.133. The van der Waals surface area contributed by atoms with Gasteiger partial charge in [-0.25, -0.2) is 0 Å². The molecule has 0 bridgehead atoms. The van der Waals surface area contributed by atoms with Gasteiger partial charge in [-0.2, -0.15) is 0 Å². The van der Waals surface area contributed by atoms with Crippen LogP contribution in [-0.2, 0) is 0 Å². The Bertz CT molecular complexity index is 550. The monoisotopic (exact) mass is 209 g/mol. The zero-order valence-corrected chi connectivity index (χ0v) is 9.64. The number of rotatable bonds is 2. The van der Waals surface area contributed by atoms with Gasteiger partial charge >= 0.3 is 0 Å². The van der Waals surface area contributed by atoms with Gasteiger partial charge in [-0.3, -0.25) is 4.98 Å². The van der Waals surface area contributed by atoms with E-state index in [1.165, 1.54) is 10.9 Å². The molecule has 80 valence electrons. The van der Waals surface area contributed by atoms with Gasteiger partial charge in [-0.05, 0) is 31.5 Å². The van der Waals surface area contributed by atoms with Gasteiger partial charge in [-0.1, -0.05) is 42.5 Å². The van der Waals surface area contributed by atoms with Gasteiger partial charge < -0.3 is 0 Å². The third-order valence-electron chi connectivity index (χ3n) is 2.53. The zero-order valence-electron chi connectivity index (χ0n) is 9.64. The lowest BCUT2D eigenvalue weighted by atomic mass is 10.1. The summed E-state index contributed by atoms with van der Waals surface area (Å²) in [6.45, 7) is 4.05. The lowest BCUT2D eigenvalue weighted by molar-refractivity contribution is 1.24. The van der Waals surface area contributed by atoms with Gasteiger partial charge in [0.2, 0.25) is 0 Å². The highest BCUT2D eigenvalue weighted by molar-refractivity contribution is 5.81. The van der Waals surface area contributed by atoms with Crippen LogP contribution in [-0.4, -0.2) is 4.98 Å². The number of aryl methyl sites for hydroxylation is 1. The number of nitrogens with zero attached hydrogens (tertiary/aromatic N) is 1. The van der Waals surface area contributed by atoms with E-state index in [9.17, 15) is 0 Å². The van der Waals surface area contributed by atoms with Crippen LogP contribution in [0, 0.1) is 6.92 Å². The van der Waals surface area contributed by atoms with E-state index in [2.05, 4.69) is 23.2 Å². The number of allylic oxidation sites excluding steroid dienone is 3. The van der Waals surface area contributed by atoms with Crippen molar-refractivity contribution in [2.45, 2.75) is 13.8 Å². The first-order valence-electron chi connectivity index (χ1n) is 5.47. The summed E-state index contributed by atoms with van der Waals surface area (Å²) in [5.41, 5.74) is 3.31. The first-order chi connectivity index (χ1) is 7.81. The van der Waals surface area contributed by atoms with Crippen LogP contribution in [0.25, 0.3) is 17.0 Å². The van der Waals surface area contributed by atoms with Crippen LogP contribution >= 0.6 is 0 Å². The molecule has 1 heterocycles. The molecule has 0 aliphatic heterocycles. The lowest BCUT2D eigenvalue weighted by Crippen LogP contribution is -1.87. The molecular weight excluding hydrogens is 194 g/mol. The van der Waals surface area contributed by atoms with Crippen LogP contribution < -0.4 is 0 Å². The SMILES string of the molecule is CC=CC=Cc1cc2ccccc2nc1C. The van der Waals surface area contributed by atoms with Crippen molar-refractivity contribution in [2.75, 3.05) is 0 Å². The van der Waals surface area contributed by atoms with Crippen molar-refractivity contribution in [3.05, 3.63) is 59.8 Å². The maximum absolute atomic E-state index is 4.58. The van der Waals surface area contributed by atoms with E-state index in [0.717, 1.165) is 11.2 Å². The van der Waals surface area contributed by atoms with Crippen molar-refractivity contribution in [2.24, 2.45) is 0 Å². The Morgan fingerprint density at radius 3 is 2.75 bits per heavy atom. The molecule has 1 aromatic carbocycles.